The first-order chi connectivity index (χ1) is 10.3. The van der Waals surface area contributed by atoms with E-state index in [9.17, 15) is 18.3 Å². The molecule has 0 atom stereocenters. The molecule has 3 rings (SSSR count). The van der Waals surface area contributed by atoms with E-state index in [4.69, 9.17) is 4.42 Å². The number of phenols is 1. The maximum absolute atomic E-state index is 12.7. The number of hydrogen-bond acceptors (Lipinski definition) is 4. The Balaban J connectivity index is 1.99. The molecule has 1 aromatic heterocycles. The van der Waals surface area contributed by atoms with E-state index in [-0.39, 0.29) is 22.9 Å². The number of fused-ring (bicyclic) bond motifs is 1. The molecule has 22 heavy (non-hydrogen) atoms. The summed E-state index contributed by atoms with van der Waals surface area (Å²) in [5.74, 6) is 0.115. The van der Waals surface area contributed by atoms with E-state index in [0.717, 1.165) is 12.1 Å². The standard InChI is InChI=1S/C15H11F3N2O2/c1-20(10-3-5-11(21)6-4-10)14-19-12-8-9(15(16,17)18)2-7-13(12)22-14/h2-8,21H,1H3. The monoisotopic (exact) mass is 308 g/mol. The van der Waals surface area contributed by atoms with Crippen molar-refractivity contribution >= 4 is 22.8 Å². The van der Waals surface area contributed by atoms with Gasteiger partial charge in [0.25, 0.3) is 0 Å². The van der Waals surface area contributed by atoms with E-state index in [1.807, 2.05) is 0 Å². The number of alkyl halides is 3. The van der Waals surface area contributed by atoms with Gasteiger partial charge in [-0.15, -0.1) is 0 Å². The van der Waals surface area contributed by atoms with Crippen LogP contribution in [-0.4, -0.2) is 17.1 Å². The van der Waals surface area contributed by atoms with Gasteiger partial charge in [0, 0.05) is 12.7 Å². The average molecular weight is 308 g/mol. The Morgan fingerprint density at radius 1 is 1.09 bits per heavy atom. The lowest BCUT2D eigenvalue weighted by Gasteiger charge is -2.14. The SMILES string of the molecule is CN(c1ccc(O)cc1)c1nc2cc(C(F)(F)F)ccc2o1. The van der Waals surface area contributed by atoms with Crippen molar-refractivity contribution in [3.63, 3.8) is 0 Å². The maximum atomic E-state index is 12.7. The molecular formula is C15H11F3N2O2. The third-order valence-electron chi connectivity index (χ3n) is 3.23. The van der Waals surface area contributed by atoms with Gasteiger partial charge in [0.2, 0.25) is 0 Å². The predicted octanol–water partition coefficient (Wildman–Crippen LogP) is 4.32. The summed E-state index contributed by atoms with van der Waals surface area (Å²) >= 11 is 0. The molecule has 4 nitrogen and oxygen atoms in total. The first kappa shape index (κ1) is 14.2. The number of benzene rings is 2. The molecule has 0 aliphatic rings. The number of phenolic OH excluding ortho intramolecular Hbond substituents is 1. The normalized spacial score (nSPS) is 11.8. The molecule has 0 amide bonds. The lowest BCUT2D eigenvalue weighted by atomic mass is 10.2. The van der Waals surface area contributed by atoms with E-state index >= 15 is 0 Å². The number of aromatic hydroxyl groups is 1. The van der Waals surface area contributed by atoms with Crippen molar-refractivity contribution in [2.45, 2.75) is 6.18 Å². The van der Waals surface area contributed by atoms with Crippen LogP contribution in [-0.2, 0) is 6.18 Å². The Labute approximate surface area is 123 Å². The second-order valence-corrected chi connectivity index (χ2v) is 4.75. The number of nitrogens with zero attached hydrogens (tertiary/aromatic N) is 2. The molecule has 2 aromatic carbocycles. The van der Waals surface area contributed by atoms with Crippen LogP contribution in [0.5, 0.6) is 5.75 Å². The summed E-state index contributed by atoms with van der Waals surface area (Å²) in [6.45, 7) is 0. The molecule has 3 aromatic rings. The Kier molecular flexibility index (Phi) is 3.20. The van der Waals surface area contributed by atoms with Gasteiger partial charge < -0.3 is 9.52 Å². The average Bonchev–Trinajstić information content (AvgIpc) is 2.89. The van der Waals surface area contributed by atoms with E-state index in [1.54, 1.807) is 24.1 Å². The van der Waals surface area contributed by atoms with Gasteiger partial charge in [-0.05, 0) is 42.5 Å². The summed E-state index contributed by atoms with van der Waals surface area (Å²) in [4.78, 5) is 5.66. The molecule has 0 bridgehead atoms. The van der Waals surface area contributed by atoms with Crippen molar-refractivity contribution in [2.24, 2.45) is 0 Å². The van der Waals surface area contributed by atoms with E-state index < -0.39 is 11.7 Å². The van der Waals surface area contributed by atoms with Gasteiger partial charge >= 0.3 is 12.2 Å². The minimum atomic E-state index is -4.42. The molecule has 0 spiro atoms. The zero-order valence-electron chi connectivity index (χ0n) is 11.4. The van der Waals surface area contributed by atoms with E-state index in [0.29, 0.717) is 5.69 Å². The number of halogens is 3. The molecule has 7 heteroatoms. The van der Waals surface area contributed by atoms with Crippen molar-refractivity contribution in [3.8, 4) is 5.75 Å². The molecule has 0 radical (unpaired) electrons. The van der Waals surface area contributed by atoms with Crippen LogP contribution in [0.3, 0.4) is 0 Å². The molecular weight excluding hydrogens is 297 g/mol. The molecule has 0 aliphatic heterocycles. The third-order valence-corrected chi connectivity index (χ3v) is 3.23. The minimum Gasteiger partial charge on any atom is -0.508 e. The van der Waals surface area contributed by atoms with Gasteiger partial charge in [-0.25, -0.2) is 0 Å². The zero-order valence-corrected chi connectivity index (χ0v) is 11.4. The predicted molar refractivity (Wildman–Crippen MR) is 75.2 cm³/mol. The third kappa shape index (κ3) is 2.57. The van der Waals surface area contributed by atoms with Gasteiger partial charge in [-0.1, -0.05) is 0 Å². The van der Waals surface area contributed by atoms with Gasteiger partial charge in [-0.3, -0.25) is 4.90 Å². The lowest BCUT2D eigenvalue weighted by molar-refractivity contribution is -0.137. The second kappa shape index (κ2) is 4.94. The van der Waals surface area contributed by atoms with Crippen molar-refractivity contribution in [1.29, 1.82) is 0 Å². The van der Waals surface area contributed by atoms with Crippen LogP contribution in [0.15, 0.2) is 46.9 Å². The Morgan fingerprint density at radius 2 is 1.77 bits per heavy atom. The molecule has 0 unspecified atom stereocenters. The molecule has 0 fully saturated rings. The molecule has 0 saturated carbocycles. The van der Waals surface area contributed by atoms with Crippen LogP contribution in [0.25, 0.3) is 11.1 Å². The van der Waals surface area contributed by atoms with Gasteiger partial charge in [0.05, 0.1) is 5.56 Å². The largest absolute Gasteiger partial charge is 0.508 e. The van der Waals surface area contributed by atoms with Crippen molar-refractivity contribution < 1.29 is 22.7 Å². The molecule has 1 N–H and O–H groups in total. The molecule has 114 valence electrons. The van der Waals surface area contributed by atoms with E-state index in [2.05, 4.69) is 4.98 Å². The molecule has 1 heterocycles. The first-order valence-electron chi connectivity index (χ1n) is 6.35. The summed E-state index contributed by atoms with van der Waals surface area (Å²) < 4.78 is 43.5. The molecule has 0 aliphatic carbocycles. The molecule has 0 saturated heterocycles. The summed E-state index contributed by atoms with van der Waals surface area (Å²) in [5.41, 5.74) is 0.316. The van der Waals surface area contributed by atoms with Crippen molar-refractivity contribution in [1.82, 2.24) is 4.98 Å². The number of anilines is 2. The van der Waals surface area contributed by atoms with Crippen LogP contribution in [0.2, 0.25) is 0 Å². The van der Waals surface area contributed by atoms with Gasteiger partial charge in [0.1, 0.15) is 11.3 Å². The van der Waals surface area contributed by atoms with Crippen LogP contribution in [0, 0.1) is 0 Å². The fourth-order valence-electron chi connectivity index (χ4n) is 2.02. The fourth-order valence-corrected chi connectivity index (χ4v) is 2.02. The number of oxazole rings is 1. The summed E-state index contributed by atoms with van der Waals surface area (Å²) in [5, 5.41) is 9.27. The smallest absolute Gasteiger partial charge is 0.416 e. The summed E-state index contributed by atoms with van der Waals surface area (Å²) in [7, 11) is 1.67. The number of hydrogen-bond donors (Lipinski definition) is 1. The highest BCUT2D eigenvalue weighted by atomic mass is 19.4. The van der Waals surface area contributed by atoms with Gasteiger partial charge in [-0.2, -0.15) is 18.2 Å². The second-order valence-electron chi connectivity index (χ2n) is 4.75. The highest BCUT2D eigenvalue weighted by molar-refractivity contribution is 5.76. The van der Waals surface area contributed by atoms with E-state index in [1.165, 1.54) is 18.2 Å². The van der Waals surface area contributed by atoms with Crippen molar-refractivity contribution in [3.05, 3.63) is 48.0 Å². The fraction of sp³-hybridized carbons (Fsp3) is 0.133. The maximum Gasteiger partial charge on any atom is 0.416 e. The Morgan fingerprint density at radius 3 is 2.41 bits per heavy atom. The topological polar surface area (TPSA) is 49.5 Å². The Hall–Kier alpha value is -2.70. The number of aromatic nitrogens is 1. The van der Waals surface area contributed by atoms with Crippen LogP contribution >= 0.6 is 0 Å². The Bertz CT molecular complexity index is 810. The minimum absolute atomic E-state index is 0.115. The highest BCUT2D eigenvalue weighted by Gasteiger charge is 2.31. The quantitative estimate of drug-likeness (QED) is 0.766. The lowest BCUT2D eigenvalue weighted by Crippen LogP contribution is -2.09. The van der Waals surface area contributed by atoms with Gasteiger partial charge in [0.15, 0.2) is 5.58 Å². The van der Waals surface area contributed by atoms with Crippen LogP contribution < -0.4 is 4.90 Å². The first-order valence-corrected chi connectivity index (χ1v) is 6.35. The number of rotatable bonds is 2. The van der Waals surface area contributed by atoms with Crippen molar-refractivity contribution in [2.75, 3.05) is 11.9 Å². The van der Waals surface area contributed by atoms with Crippen LogP contribution in [0.4, 0.5) is 24.9 Å². The highest BCUT2D eigenvalue weighted by Crippen LogP contribution is 2.33. The summed E-state index contributed by atoms with van der Waals surface area (Å²) in [6, 6.07) is 9.60. The summed E-state index contributed by atoms with van der Waals surface area (Å²) in [6.07, 6.45) is -4.42. The van der Waals surface area contributed by atoms with Crippen LogP contribution in [0.1, 0.15) is 5.56 Å². The zero-order chi connectivity index (χ0) is 15.9.